The third-order valence-electron chi connectivity index (χ3n) is 1.45. The van der Waals surface area contributed by atoms with Crippen molar-refractivity contribution in [3.8, 4) is 0 Å². The predicted molar refractivity (Wildman–Crippen MR) is 63.8 cm³/mol. The van der Waals surface area contributed by atoms with Gasteiger partial charge in [-0.2, -0.15) is 0 Å². The Hall–Kier alpha value is -1.11. The van der Waals surface area contributed by atoms with Crippen LogP contribution in [0.3, 0.4) is 0 Å². The van der Waals surface area contributed by atoms with Crippen LogP contribution in [-0.4, -0.2) is 9.82 Å². The van der Waals surface area contributed by atoms with Crippen LogP contribution in [0.2, 0.25) is 0 Å². The number of carbonyl (C=O) groups is 2. The Balaban J connectivity index is 2.68. The van der Waals surface area contributed by atoms with E-state index in [1.807, 2.05) is 0 Å². The first-order valence-electron chi connectivity index (χ1n) is 3.92. The van der Waals surface area contributed by atoms with Crippen LogP contribution < -0.4 is 10.6 Å². The Morgan fingerprint density at radius 3 is 1.86 bits per heavy atom. The van der Waals surface area contributed by atoms with Crippen LogP contribution >= 0.6 is 22.6 Å². The second kappa shape index (κ2) is 4.94. The number of rotatable bonds is 2. The van der Waals surface area contributed by atoms with E-state index in [4.69, 9.17) is 0 Å². The second-order valence-corrected chi connectivity index (χ2v) is 3.64. The van der Waals surface area contributed by atoms with E-state index >= 15 is 0 Å². The molecule has 0 aliphatic carbocycles. The molecule has 0 aromatic heterocycles. The summed E-state index contributed by atoms with van der Waals surface area (Å²) in [5, 5.41) is 5.25. The summed E-state index contributed by atoms with van der Waals surface area (Å²) in [6.07, 6.45) is 0. The number of nitrogens with one attached hydrogen (secondary N) is 2. The number of hydrogen-bond donors (Lipinski definition) is 2. The van der Waals surface area contributed by atoms with Gasteiger partial charge in [-0.15, -0.1) is 0 Å². The molecule has 1 aromatic carbocycles. The molecule has 0 bridgehead atoms. The Bertz CT molecular complexity index is 313. The fourth-order valence-electron chi connectivity index (χ4n) is 0.954. The number of hydrogen-bond acceptors (Lipinski definition) is 2. The van der Waals surface area contributed by atoms with Crippen LogP contribution in [0.5, 0.6) is 0 Å². The van der Waals surface area contributed by atoms with Crippen molar-refractivity contribution < 1.29 is 9.59 Å². The molecule has 0 radical (unpaired) electrons. The molecule has 0 spiro atoms. The predicted octanol–water partition coefficient (Wildman–Crippen LogP) is 2.61. The van der Waals surface area contributed by atoms with Gasteiger partial charge in [0.1, 0.15) is 0 Å². The van der Waals surface area contributed by atoms with Crippen molar-refractivity contribution in [3.63, 3.8) is 0 Å². The first-order chi connectivity index (χ1) is 6.58. The molecule has 0 saturated carbocycles. The Morgan fingerprint density at radius 2 is 1.50 bits per heavy atom. The smallest absolute Gasteiger partial charge is 0.284 e. The third-order valence-corrected chi connectivity index (χ3v) is 1.72. The lowest BCUT2D eigenvalue weighted by Crippen LogP contribution is -2.06. The SMILES string of the molecule is CC(=O)Nc1ccc(NC(=O)I)cc1. The van der Waals surface area contributed by atoms with Gasteiger partial charge in [0.25, 0.3) is 3.91 Å². The first-order valence-corrected chi connectivity index (χ1v) is 5.00. The van der Waals surface area contributed by atoms with Gasteiger partial charge in [0.05, 0.1) is 0 Å². The highest BCUT2D eigenvalue weighted by Gasteiger charge is 1.97. The molecular weight excluding hydrogens is 295 g/mol. The van der Waals surface area contributed by atoms with Crippen molar-refractivity contribution in [2.24, 2.45) is 0 Å². The zero-order valence-corrected chi connectivity index (χ0v) is 9.66. The molecule has 0 unspecified atom stereocenters. The van der Waals surface area contributed by atoms with E-state index in [2.05, 4.69) is 10.6 Å². The third kappa shape index (κ3) is 3.73. The number of anilines is 2. The highest BCUT2D eigenvalue weighted by Crippen LogP contribution is 2.14. The highest BCUT2D eigenvalue weighted by atomic mass is 127. The minimum absolute atomic E-state index is 0.115. The summed E-state index contributed by atoms with van der Waals surface area (Å²) < 4.78 is -0.144. The lowest BCUT2D eigenvalue weighted by atomic mass is 10.3. The molecule has 14 heavy (non-hydrogen) atoms. The summed E-state index contributed by atoms with van der Waals surface area (Å²) in [7, 11) is 0. The summed E-state index contributed by atoms with van der Waals surface area (Å²) in [6.45, 7) is 1.44. The molecule has 1 aromatic rings. The van der Waals surface area contributed by atoms with E-state index in [0.717, 1.165) is 0 Å². The van der Waals surface area contributed by atoms with Crippen LogP contribution in [0.1, 0.15) is 6.92 Å². The largest absolute Gasteiger partial charge is 0.326 e. The quantitative estimate of drug-likeness (QED) is 0.501. The standard InChI is InChI=1S/C9H9IN2O2/c1-6(13)11-7-2-4-8(5-3-7)12-9(10)14/h2-5H,1H3,(H,11,13)(H,12,14). The maximum absolute atomic E-state index is 10.7. The Kier molecular flexibility index (Phi) is 3.87. The lowest BCUT2D eigenvalue weighted by molar-refractivity contribution is -0.114. The molecule has 0 atom stereocenters. The van der Waals surface area contributed by atoms with E-state index in [9.17, 15) is 9.59 Å². The van der Waals surface area contributed by atoms with E-state index in [0.29, 0.717) is 11.4 Å². The van der Waals surface area contributed by atoms with Crippen LogP contribution in [0.4, 0.5) is 16.2 Å². The molecule has 2 N–H and O–H groups in total. The van der Waals surface area contributed by atoms with E-state index in [1.54, 1.807) is 46.9 Å². The molecule has 5 heteroatoms. The summed E-state index contributed by atoms with van der Waals surface area (Å²) >= 11 is 1.65. The molecule has 0 aliphatic rings. The molecule has 2 amide bonds. The van der Waals surface area contributed by atoms with Gasteiger partial charge >= 0.3 is 0 Å². The minimum atomic E-state index is -0.144. The Morgan fingerprint density at radius 1 is 1.07 bits per heavy atom. The molecule has 0 aliphatic heterocycles. The second-order valence-electron chi connectivity index (χ2n) is 2.66. The molecule has 0 fully saturated rings. The molecule has 4 nitrogen and oxygen atoms in total. The monoisotopic (exact) mass is 304 g/mol. The van der Waals surface area contributed by atoms with Crippen molar-refractivity contribution in [1.29, 1.82) is 0 Å². The first kappa shape index (κ1) is 11.0. The average molecular weight is 304 g/mol. The van der Waals surface area contributed by atoms with Crippen LogP contribution in [0, 0.1) is 0 Å². The van der Waals surface area contributed by atoms with Gasteiger partial charge in [-0.1, -0.05) is 0 Å². The number of carbonyl (C=O) groups excluding carboxylic acids is 2. The van der Waals surface area contributed by atoms with Gasteiger partial charge in [-0.3, -0.25) is 9.59 Å². The highest BCUT2D eigenvalue weighted by molar-refractivity contribution is 14.1. The van der Waals surface area contributed by atoms with E-state index in [1.165, 1.54) is 6.92 Å². The van der Waals surface area contributed by atoms with Gasteiger partial charge in [0, 0.05) is 40.9 Å². The summed E-state index contributed by atoms with van der Waals surface area (Å²) in [4.78, 5) is 21.4. The zero-order chi connectivity index (χ0) is 10.6. The lowest BCUT2D eigenvalue weighted by Gasteiger charge is -2.03. The van der Waals surface area contributed by atoms with Crippen LogP contribution in [0.25, 0.3) is 0 Å². The van der Waals surface area contributed by atoms with Gasteiger partial charge in [-0.05, 0) is 24.3 Å². The van der Waals surface area contributed by atoms with E-state index < -0.39 is 0 Å². The van der Waals surface area contributed by atoms with Crippen LogP contribution in [0.15, 0.2) is 24.3 Å². The fraction of sp³-hybridized carbons (Fsp3) is 0.111. The average Bonchev–Trinajstić information content (AvgIpc) is 2.06. The molecule has 1 rings (SSSR count). The maximum atomic E-state index is 10.7. The minimum Gasteiger partial charge on any atom is -0.326 e. The zero-order valence-electron chi connectivity index (χ0n) is 7.50. The Labute approximate surface area is 95.2 Å². The number of amides is 2. The van der Waals surface area contributed by atoms with Crippen molar-refractivity contribution in [1.82, 2.24) is 0 Å². The van der Waals surface area contributed by atoms with Crippen molar-refractivity contribution in [3.05, 3.63) is 24.3 Å². The molecule has 0 saturated heterocycles. The van der Waals surface area contributed by atoms with Crippen molar-refractivity contribution >= 4 is 43.8 Å². The van der Waals surface area contributed by atoms with E-state index in [-0.39, 0.29) is 9.82 Å². The van der Waals surface area contributed by atoms with Gasteiger partial charge in [-0.25, -0.2) is 0 Å². The summed E-state index contributed by atoms with van der Waals surface area (Å²) in [5.41, 5.74) is 1.42. The number of halogens is 1. The van der Waals surface area contributed by atoms with Crippen molar-refractivity contribution in [2.75, 3.05) is 10.6 Å². The summed E-state index contributed by atoms with van der Waals surface area (Å²) in [6, 6.07) is 6.90. The normalized spacial score (nSPS) is 9.29. The maximum Gasteiger partial charge on any atom is 0.284 e. The molecule has 0 heterocycles. The molecule has 74 valence electrons. The van der Waals surface area contributed by atoms with Crippen molar-refractivity contribution in [2.45, 2.75) is 6.92 Å². The number of benzene rings is 1. The fourth-order valence-corrected chi connectivity index (χ4v) is 1.27. The van der Waals surface area contributed by atoms with Gasteiger partial charge in [0.15, 0.2) is 0 Å². The van der Waals surface area contributed by atoms with Gasteiger partial charge in [0.2, 0.25) is 5.91 Å². The molecular formula is C9H9IN2O2. The van der Waals surface area contributed by atoms with Gasteiger partial charge < -0.3 is 10.6 Å². The topological polar surface area (TPSA) is 58.2 Å². The summed E-state index contributed by atoms with van der Waals surface area (Å²) in [5.74, 6) is -0.115. The van der Waals surface area contributed by atoms with Crippen LogP contribution in [-0.2, 0) is 4.79 Å².